The Hall–Kier alpha value is -1.06. The second-order valence-corrected chi connectivity index (χ2v) is 6.28. The summed E-state index contributed by atoms with van der Waals surface area (Å²) in [6.45, 7) is 9.89. The first-order valence-corrected chi connectivity index (χ1v) is 8.22. The molecule has 2 N–H and O–H groups in total. The van der Waals surface area contributed by atoms with Gasteiger partial charge in [-0.25, -0.2) is 0 Å². The van der Waals surface area contributed by atoms with Crippen molar-refractivity contribution >= 4 is 5.69 Å². The zero-order valence-electron chi connectivity index (χ0n) is 14.5. The zero-order valence-corrected chi connectivity index (χ0v) is 14.5. The Bertz CT molecular complexity index is 415. The lowest BCUT2D eigenvalue weighted by atomic mass is 10.0. The van der Waals surface area contributed by atoms with Crippen LogP contribution in [-0.4, -0.2) is 44.7 Å². The maximum absolute atomic E-state index is 6.07. The molecule has 1 atom stereocenters. The molecule has 21 heavy (non-hydrogen) atoms. The van der Waals surface area contributed by atoms with Crippen molar-refractivity contribution in [1.82, 2.24) is 4.90 Å². The molecule has 0 aliphatic rings. The van der Waals surface area contributed by atoms with Gasteiger partial charge in [-0.1, -0.05) is 26.0 Å². The predicted molar refractivity (Wildman–Crippen MR) is 94.2 cm³/mol. The van der Waals surface area contributed by atoms with Crippen LogP contribution in [0.15, 0.2) is 18.2 Å². The quantitative estimate of drug-likeness (QED) is 0.759. The molecule has 3 nitrogen and oxygen atoms in total. The van der Waals surface area contributed by atoms with Crippen LogP contribution in [0.1, 0.15) is 37.8 Å². The highest BCUT2D eigenvalue weighted by molar-refractivity contribution is 5.54. The summed E-state index contributed by atoms with van der Waals surface area (Å²) in [6.07, 6.45) is 3.18. The summed E-state index contributed by atoms with van der Waals surface area (Å²) < 4.78 is 0. The first-order valence-electron chi connectivity index (χ1n) is 8.22. The number of aryl methyl sites for hydroxylation is 1. The van der Waals surface area contributed by atoms with Crippen LogP contribution in [0.5, 0.6) is 0 Å². The van der Waals surface area contributed by atoms with Gasteiger partial charge in [-0.05, 0) is 57.5 Å². The van der Waals surface area contributed by atoms with Gasteiger partial charge in [0, 0.05) is 31.4 Å². The van der Waals surface area contributed by atoms with E-state index in [1.54, 1.807) is 0 Å². The van der Waals surface area contributed by atoms with Crippen LogP contribution in [0.4, 0.5) is 5.69 Å². The third kappa shape index (κ3) is 6.06. The minimum atomic E-state index is 0.274. The average molecular weight is 291 g/mol. The van der Waals surface area contributed by atoms with Crippen LogP contribution in [-0.2, 0) is 6.42 Å². The number of hydrogen-bond acceptors (Lipinski definition) is 3. The standard InChI is InChI=1S/C18H33N3/c1-6-10-21(12-11-20(4)5)18-9-8-16(13-15(18)3)14-17(19)7-2/h8-9,13,17H,6-7,10-12,14,19H2,1-5H3. The molecular formula is C18H33N3. The van der Waals surface area contributed by atoms with E-state index in [1.807, 2.05) is 0 Å². The molecule has 1 rings (SSSR count). The van der Waals surface area contributed by atoms with Gasteiger partial charge in [-0.15, -0.1) is 0 Å². The lowest BCUT2D eigenvalue weighted by molar-refractivity contribution is 0.413. The highest BCUT2D eigenvalue weighted by atomic mass is 15.2. The van der Waals surface area contributed by atoms with Gasteiger partial charge in [0.2, 0.25) is 0 Å². The van der Waals surface area contributed by atoms with Crippen molar-refractivity contribution in [3.05, 3.63) is 29.3 Å². The third-order valence-corrected chi connectivity index (χ3v) is 3.93. The number of nitrogens with zero attached hydrogens (tertiary/aromatic N) is 2. The molecule has 120 valence electrons. The topological polar surface area (TPSA) is 32.5 Å². The van der Waals surface area contributed by atoms with Crippen LogP contribution in [0.2, 0.25) is 0 Å². The van der Waals surface area contributed by atoms with Crippen molar-refractivity contribution in [3.8, 4) is 0 Å². The van der Waals surface area contributed by atoms with E-state index in [1.165, 1.54) is 23.2 Å². The van der Waals surface area contributed by atoms with Crippen LogP contribution >= 0.6 is 0 Å². The van der Waals surface area contributed by atoms with Crippen molar-refractivity contribution in [2.45, 2.75) is 46.1 Å². The van der Waals surface area contributed by atoms with Crippen LogP contribution in [0.3, 0.4) is 0 Å². The van der Waals surface area contributed by atoms with E-state index >= 15 is 0 Å². The largest absolute Gasteiger partial charge is 0.370 e. The predicted octanol–water partition coefficient (Wildman–Crippen LogP) is 3.05. The van der Waals surface area contributed by atoms with Crippen molar-refractivity contribution < 1.29 is 0 Å². The minimum absolute atomic E-state index is 0.274. The van der Waals surface area contributed by atoms with E-state index in [0.29, 0.717) is 0 Å². The first kappa shape index (κ1) is 18.0. The van der Waals surface area contributed by atoms with Gasteiger partial charge in [0.15, 0.2) is 0 Å². The molecule has 0 saturated carbocycles. The van der Waals surface area contributed by atoms with Gasteiger partial charge >= 0.3 is 0 Å². The normalized spacial score (nSPS) is 12.7. The number of likely N-dealkylation sites (N-methyl/N-ethyl adjacent to an activating group) is 1. The van der Waals surface area contributed by atoms with E-state index in [-0.39, 0.29) is 6.04 Å². The number of benzene rings is 1. The van der Waals surface area contributed by atoms with Gasteiger partial charge in [0.25, 0.3) is 0 Å². The van der Waals surface area contributed by atoms with Gasteiger partial charge in [-0.2, -0.15) is 0 Å². The Balaban J connectivity index is 2.83. The minimum Gasteiger partial charge on any atom is -0.370 e. The van der Waals surface area contributed by atoms with Gasteiger partial charge in [0.05, 0.1) is 0 Å². The molecule has 0 amide bonds. The van der Waals surface area contributed by atoms with Crippen LogP contribution in [0, 0.1) is 6.92 Å². The maximum atomic E-state index is 6.07. The summed E-state index contributed by atoms with van der Waals surface area (Å²) in [4.78, 5) is 4.74. The summed E-state index contributed by atoms with van der Waals surface area (Å²) in [5, 5.41) is 0. The molecule has 0 aromatic heterocycles. The summed E-state index contributed by atoms with van der Waals surface area (Å²) in [5.74, 6) is 0. The lowest BCUT2D eigenvalue weighted by Crippen LogP contribution is -2.32. The Morgan fingerprint density at radius 3 is 2.33 bits per heavy atom. The van der Waals surface area contributed by atoms with Gasteiger partial charge < -0.3 is 15.5 Å². The van der Waals surface area contributed by atoms with E-state index in [9.17, 15) is 0 Å². The summed E-state index contributed by atoms with van der Waals surface area (Å²) in [7, 11) is 4.26. The smallest absolute Gasteiger partial charge is 0.0396 e. The first-order chi connectivity index (χ1) is 9.97. The second kappa shape index (κ2) is 9.06. The molecule has 0 aliphatic heterocycles. The third-order valence-electron chi connectivity index (χ3n) is 3.93. The van der Waals surface area contributed by atoms with E-state index in [4.69, 9.17) is 5.73 Å². The van der Waals surface area contributed by atoms with Crippen molar-refractivity contribution in [3.63, 3.8) is 0 Å². The fourth-order valence-corrected chi connectivity index (χ4v) is 2.59. The second-order valence-electron chi connectivity index (χ2n) is 6.28. The maximum Gasteiger partial charge on any atom is 0.0396 e. The Morgan fingerprint density at radius 1 is 1.10 bits per heavy atom. The molecule has 0 bridgehead atoms. The molecule has 1 aromatic carbocycles. The van der Waals surface area contributed by atoms with Gasteiger partial charge in [-0.3, -0.25) is 0 Å². The zero-order chi connectivity index (χ0) is 15.8. The molecule has 0 fully saturated rings. The number of nitrogens with two attached hydrogens (primary N) is 1. The summed E-state index contributed by atoms with van der Waals surface area (Å²) >= 11 is 0. The summed E-state index contributed by atoms with van der Waals surface area (Å²) in [6, 6.07) is 7.10. The molecule has 1 unspecified atom stereocenters. The van der Waals surface area contributed by atoms with Crippen LogP contribution < -0.4 is 10.6 Å². The fraction of sp³-hybridized carbons (Fsp3) is 0.667. The molecule has 0 radical (unpaired) electrons. The Labute approximate surface area is 131 Å². The van der Waals surface area contributed by atoms with Crippen molar-refractivity contribution in [1.29, 1.82) is 0 Å². The molecule has 0 heterocycles. The van der Waals surface area contributed by atoms with E-state index in [2.05, 4.69) is 62.9 Å². The Morgan fingerprint density at radius 2 is 1.81 bits per heavy atom. The van der Waals surface area contributed by atoms with Crippen LogP contribution in [0.25, 0.3) is 0 Å². The SMILES string of the molecule is CCCN(CCN(C)C)c1ccc(CC(N)CC)cc1C. The highest BCUT2D eigenvalue weighted by Gasteiger charge is 2.10. The molecule has 1 aromatic rings. The molecule has 0 saturated heterocycles. The van der Waals surface area contributed by atoms with E-state index in [0.717, 1.165) is 32.5 Å². The van der Waals surface area contributed by atoms with Gasteiger partial charge in [0.1, 0.15) is 0 Å². The van der Waals surface area contributed by atoms with E-state index < -0.39 is 0 Å². The number of anilines is 1. The monoisotopic (exact) mass is 291 g/mol. The molecule has 0 spiro atoms. The molecule has 0 aliphatic carbocycles. The van der Waals surface area contributed by atoms with Crippen molar-refractivity contribution in [2.24, 2.45) is 5.73 Å². The molecule has 3 heteroatoms. The Kier molecular flexibility index (Phi) is 7.76. The number of hydrogen-bond donors (Lipinski definition) is 1. The highest BCUT2D eigenvalue weighted by Crippen LogP contribution is 2.22. The fourth-order valence-electron chi connectivity index (χ4n) is 2.59. The lowest BCUT2D eigenvalue weighted by Gasteiger charge is -2.28. The molecular weight excluding hydrogens is 258 g/mol. The average Bonchev–Trinajstić information content (AvgIpc) is 2.43. The summed E-state index contributed by atoms with van der Waals surface area (Å²) in [5.41, 5.74) is 10.2. The number of rotatable bonds is 9. The van der Waals surface area contributed by atoms with Crippen molar-refractivity contribution in [2.75, 3.05) is 38.6 Å².